The van der Waals surface area contributed by atoms with Crippen LogP contribution in [0, 0.1) is 0 Å². The summed E-state index contributed by atoms with van der Waals surface area (Å²) in [5.74, 6) is -1.21. The molecule has 1 aliphatic carbocycles. The van der Waals surface area contributed by atoms with Crippen molar-refractivity contribution >= 4 is 29.1 Å². The highest BCUT2D eigenvalue weighted by Crippen LogP contribution is 2.38. The molecule has 200 valence electrons. The number of ether oxygens (including phenoxy) is 2. The van der Waals surface area contributed by atoms with E-state index in [9.17, 15) is 19.5 Å². The fourth-order valence-electron chi connectivity index (χ4n) is 4.98. The van der Waals surface area contributed by atoms with Crippen LogP contribution in [0.4, 0.5) is 9.59 Å². The Morgan fingerprint density at radius 3 is 2.44 bits per heavy atom. The van der Waals surface area contributed by atoms with Crippen LogP contribution in [0.25, 0.3) is 22.0 Å². The molecular formula is C31H30N2O6. The van der Waals surface area contributed by atoms with Gasteiger partial charge in [0.05, 0.1) is 5.52 Å². The number of fused-ring (bicyclic) bond motifs is 4. The molecule has 0 radical (unpaired) electrons. The minimum absolute atomic E-state index is 0.0211. The maximum absolute atomic E-state index is 12.8. The second kappa shape index (κ2) is 10.3. The molecule has 8 heteroatoms. The fourth-order valence-corrected chi connectivity index (χ4v) is 4.98. The zero-order valence-corrected chi connectivity index (χ0v) is 22.1. The SMILES string of the molecule is CC(C)(C)OC(=O)n1cc(C[C@@H](NC(=O)OCc2cccc3c2Cc2ccccc2-3)C(=O)O)c2ccccc21. The average molecular weight is 527 g/mol. The summed E-state index contributed by atoms with van der Waals surface area (Å²) in [5.41, 5.74) is 5.99. The molecule has 4 aromatic rings. The van der Waals surface area contributed by atoms with E-state index in [4.69, 9.17) is 9.47 Å². The van der Waals surface area contributed by atoms with Gasteiger partial charge in [-0.3, -0.25) is 4.57 Å². The summed E-state index contributed by atoms with van der Waals surface area (Å²) in [6.45, 7) is 5.34. The van der Waals surface area contributed by atoms with Gasteiger partial charge in [0.15, 0.2) is 0 Å². The van der Waals surface area contributed by atoms with Crippen molar-refractivity contribution in [2.24, 2.45) is 0 Å². The standard InChI is InChI=1S/C31H30N2O6/c1-31(2,3)39-30(37)33-17-21(23-12-6-7-14-27(23)33)16-26(28(34)35)32-29(36)38-18-20-10-8-13-24-22-11-5-4-9-19(22)15-25(20)24/h4-14,17,26H,15-16,18H2,1-3H3,(H,32,36)(H,34,35)/t26-/m1/s1. The Hall–Kier alpha value is -4.59. The predicted molar refractivity (Wildman–Crippen MR) is 147 cm³/mol. The number of para-hydroxylation sites is 1. The lowest BCUT2D eigenvalue weighted by Crippen LogP contribution is -2.42. The number of carboxylic acids is 1. The molecule has 3 aromatic carbocycles. The van der Waals surface area contributed by atoms with Gasteiger partial charge in [0, 0.05) is 18.0 Å². The lowest BCUT2D eigenvalue weighted by molar-refractivity contribution is -0.139. The number of alkyl carbamates (subject to hydrolysis) is 1. The van der Waals surface area contributed by atoms with Gasteiger partial charge in [-0.25, -0.2) is 14.4 Å². The molecule has 0 unspecified atom stereocenters. The Morgan fingerprint density at radius 1 is 0.949 bits per heavy atom. The second-order valence-electron chi connectivity index (χ2n) is 10.6. The van der Waals surface area contributed by atoms with Crippen molar-refractivity contribution in [1.82, 2.24) is 9.88 Å². The number of carbonyl (C=O) groups excluding carboxylic acids is 2. The van der Waals surface area contributed by atoms with Crippen LogP contribution in [-0.2, 0) is 33.7 Å². The lowest BCUT2D eigenvalue weighted by Gasteiger charge is -2.19. The number of benzene rings is 3. The van der Waals surface area contributed by atoms with Gasteiger partial charge in [0.25, 0.3) is 0 Å². The van der Waals surface area contributed by atoms with Gasteiger partial charge in [0.2, 0.25) is 0 Å². The van der Waals surface area contributed by atoms with E-state index in [1.807, 2.05) is 24.3 Å². The third kappa shape index (κ3) is 5.50. The first-order valence-corrected chi connectivity index (χ1v) is 12.8. The molecule has 1 amide bonds. The molecule has 5 rings (SSSR count). The molecule has 0 saturated heterocycles. The highest BCUT2D eigenvalue weighted by Gasteiger charge is 2.26. The molecule has 0 bridgehead atoms. The Balaban J connectivity index is 1.29. The van der Waals surface area contributed by atoms with Crippen LogP contribution in [-0.4, -0.2) is 39.5 Å². The molecule has 1 aromatic heterocycles. The maximum atomic E-state index is 12.8. The fraction of sp³-hybridized carbons (Fsp3) is 0.258. The van der Waals surface area contributed by atoms with Crippen molar-refractivity contribution in [3.8, 4) is 11.1 Å². The van der Waals surface area contributed by atoms with Gasteiger partial charge in [-0.1, -0.05) is 60.7 Å². The molecular weight excluding hydrogens is 496 g/mol. The zero-order chi connectivity index (χ0) is 27.7. The largest absolute Gasteiger partial charge is 0.480 e. The van der Waals surface area contributed by atoms with Crippen molar-refractivity contribution < 1.29 is 29.0 Å². The number of carboxylic acid groups (broad SMARTS) is 1. The highest BCUT2D eigenvalue weighted by molar-refractivity contribution is 5.92. The average Bonchev–Trinajstić information content (AvgIpc) is 3.45. The van der Waals surface area contributed by atoms with Crippen LogP contribution in [0.3, 0.4) is 0 Å². The van der Waals surface area contributed by atoms with E-state index < -0.39 is 29.8 Å². The molecule has 8 nitrogen and oxygen atoms in total. The summed E-state index contributed by atoms with van der Waals surface area (Å²) in [7, 11) is 0. The number of aromatic nitrogens is 1. The topological polar surface area (TPSA) is 107 Å². The van der Waals surface area contributed by atoms with Gasteiger partial charge in [-0.15, -0.1) is 0 Å². The van der Waals surface area contributed by atoms with Gasteiger partial charge < -0.3 is 19.9 Å². The third-order valence-electron chi connectivity index (χ3n) is 6.71. The monoisotopic (exact) mass is 526 g/mol. The zero-order valence-electron chi connectivity index (χ0n) is 22.1. The van der Waals surface area contributed by atoms with E-state index in [-0.39, 0.29) is 13.0 Å². The van der Waals surface area contributed by atoms with Gasteiger partial charge in [-0.05, 0) is 66.6 Å². The summed E-state index contributed by atoms with van der Waals surface area (Å²) in [4.78, 5) is 37.6. The second-order valence-corrected chi connectivity index (χ2v) is 10.6. The summed E-state index contributed by atoms with van der Waals surface area (Å²) in [5, 5.41) is 13.0. The molecule has 1 heterocycles. The van der Waals surface area contributed by atoms with Crippen LogP contribution < -0.4 is 5.32 Å². The van der Waals surface area contributed by atoms with Crippen LogP contribution in [0.15, 0.2) is 72.9 Å². The summed E-state index contributed by atoms with van der Waals surface area (Å²) >= 11 is 0. The Kier molecular flexibility index (Phi) is 6.87. The predicted octanol–water partition coefficient (Wildman–Crippen LogP) is 5.92. The number of nitrogens with one attached hydrogen (secondary N) is 1. The van der Waals surface area contributed by atoms with Crippen LogP contribution in [0.1, 0.15) is 43.0 Å². The van der Waals surface area contributed by atoms with Crippen LogP contribution in [0.5, 0.6) is 0 Å². The van der Waals surface area contributed by atoms with E-state index in [0.717, 1.165) is 23.1 Å². The number of aliphatic carboxylic acids is 1. The number of hydrogen-bond donors (Lipinski definition) is 2. The third-order valence-corrected chi connectivity index (χ3v) is 6.71. The molecule has 2 N–H and O–H groups in total. The lowest BCUT2D eigenvalue weighted by atomic mass is 10.0. The first-order chi connectivity index (χ1) is 18.6. The Bertz CT molecular complexity index is 1580. The van der Waals surface area contributed by atoms with Crippen molar-refractivity contribution in [3.63, 3.8) is 0 Å². The normalized spacial score (nSPS) is 12.9. The van der Waals surface area contributed by atoms with Gasteiger partial charge in [0.1, 0.15) is 18.2 Å². The number of rotatable bonds is 6. The molecule has 39 heavy (non-hydrogen) atoms. The number of amides is 1. The van der Waals surface area contributed by atoms with E-state index in [1.165, 1.54) is 15.7 Å². The Labute approximate surface area is 226 Å². The van der Waals surface area contributed by atoms with Gasteiger partial charge >= 0.3 is 18.2 Å². The smallest absolute Gasteiger partial charge is 0.419 e. The highest BCUT2D eigenvalue weighted by atomic mass is 16.6. The maximum Gasteiger partial charge on any atom is 0.419 e. The first kappa shape index (κ1) is 26.0. The molecule has 0 spiro atoms. The summed E-state index contributed by atoms with van der Waals surface area (Å²) in [6, 6.07) is 20.0. The van der Waals surface area contributed by atoms with Crippen LogP contribution in [0.2, 0.25) is 0 Å². The number of carbonyl (C=O) groups is 3. The number of hydrogen-bond acceptors (Lipinski definition) is 5. The van der Waals surface area contributed by atoms with Crippen molar-refractivity contribution in [2.75, 3.05) is 0 Å². The molecule has 1 atom stereocenters. The van der Waals surface area contributed by atoms with Gasteiger partial charge in [-0.2, -0.15) is 0 Å². The minimum Gasteiger partial charge on any atom is -0.480 e. The van der Waals surface area contributed by atoms with Crippen molar-refractivity contribution in [1.29, 1.82) is 0 Å². The van der Waals surface area contributed by atoms with E-state index >= 15 is 0 Å². The Morgan fingerprint density at radius 2 is 1.67 bits per heavy atom. The molecule has 0 saturated carbocycles. The number of nitrogens with zero attached hydrogens (tertiary/aromatic N) is 1. The molecule has 1 aliphatic rings. The minimum atomic E-state index is -1.26. The quantitative estimate of drug-likeness (QED) is 0.285. The van der Waals surface area contributed by atoms with E-state index in [2.05, 4.69) is 23.5 Å². The van der Waals surface area contributed by atoms with E-state index in [0.29, 0.717) is 16.5 Å². The van der Waals surface area contributed by atoms with Crippen LogP contribution >= 0.6 is 0 Å². The first-order valence-electron chi connectivity index (χ1n) is 12.8. The summed E-state index contributed by atoms with van der Waals surface area (Å²) < 4.78 is 12.3. The van der Waals surface area contributed by atoms with Crippen molar-refractivity contribution in [3.05, 3.63) is 95.2 Å². The van der Waals surface area contributed by atoms with E-state index in [1.54, 1.807) is 51.2 Å². The summed E-state index contributed by atoms with van der Waals surface area (Å²) in [6.07, 6.45) is 0.878. The van der Waals surface area contributed by atoms with Crippen molar-refractivity contribution in [2.45, 2.75) is 51.9 Å². The molecule has 0 fully saturated rings. The molecule has 0 aliphatic heterocycles.